The van der Waals surface area contributed by atoms with Crippen molar-refractivity contribution in [2.75, 3.05) is 0 Å². The van der Waals surface area contributed by atoms with Gasteiger partial charge in [0.15, 0.2) is 10.8 Å². The first-order chi connectivity index (χ1) is 6.09. The highest BCUT2D eigenvalue weighted by Gasteiger charge is 2.10. The summed E-state index contributed by atoms with van der Waals surface area (Å²) in [5.41, 5.74) is 0.502. The number of nitrogens with zero attached hydrogens (tertiary/aromatic N) is 3. The summed E-state index contributed by atoms with van der Waals surface area (Å²) < 4.78 is 1.31. The smallest absolute Gasteiger partial charge is 0.302 e. The van der Waals surface area contributed by atoms with E-state index in [-0.39, 0.29) is 16.1 Å². The van der Waals surface area contributed by atoms with E-state index >= 15 is 0 Å². The Morgan fingerprint density at radius 1 is 1.38 bits per heavy atom. The summed E-state index contributed by atoms with van der Waals surface area (Å²) in [7, 11) is 1.57. The molecule has 0 aliphatic carbocycles. The third-order valence-corrected chi connectivity index (χ3v) is 2.12. The predicted molar refractivity (Wildman–Crippen MR) is 49.1 cm³/mol. The second-order valence-corrected chi connectivity index (χ2v) is 3.17. The fourth-order valence-corrected chi connectivity index (χ4v) is 1.45. The minimum atomic E-state index is -0.298. The first kappa shape index (κ1) is 8.52. The van der Waals surface area contributed by atoms with E-state index in [1.165, 1.54) is 4.57 Å². The number of hydrogen-bond donors (Lipinski definition) is 1. The van der Waals surface area contributed by atoms with E-state index in [1.54, 1.807) is 7.05 Å². The maximum absolute atomic E-state index is 11.1. The van der Waals surface area contributed by atoms with Crippen LogP contribution in [0.1, 0.15) is 0 Å². The van der Waals surface area contributed by atoms with Gasteiger partial charge < -0.3 is 4.98 Å². The van der Waals surface area contributed by atoms with Gasteiger partial charge in [0.1, 0.15) is 5.52 Å². The molecule has 2 aromatic rings. The molecule has 0 aromatic carbocycles. The van der Waals surface area contributed by atoms with E-state index in [9.17, 15) is 4.79 Å². The largest absolute Gasteiger partial charge is 0.327 e. The minimum absolute atomic E-state index is 0.0205. The molecule has 68 valence electrons. The molecular weight excluding hydrogens is 215 g/mol. The topological polar surface area (TPSA) is 63.6 Å². The first-order valence-corrected chi connectivity index (χ1v) is 4.13. The molecule has 0 aliphatic rings. The molecule has 2 rings (SSSR count). The highest BCUT2D eigenvalue weighted by atomic mass is 35.5. The number of aromatic amines is 1. The Morgan fingerprint density at radius 2 is 2.08 bits per heavy atom. The summed E-state index contributed by atoms with van der Waals surface area (Å²) >= 11 is 11.3. The minimum Gasteiger partial charge on any atom is -0.302 e. The van der Waals surface area contributed by atoms with Gasteiger partial charge in [-0.2, -0.15) is 4.98 Å². The third-order valence-electron chi connectivity index (χ3n) is 1.67. The number of aryl methyl sites for hydroxylation is 1. The quantitative estimate of drug-likeness (QED) is 0.530. The summed E-state index contributed by atoms with van der Waals surface area (Å²) in [5, 5.41) is 0.166. The van der Waals surface area contributed by atoms with Gasteiger partial charge in [0, 0.05) is 7.05 Å². The van der Waals surface area contributed by atoms with Gasteiger partial charge in [0.25, 0.3) is 0 Å². The van der Waals surface area contributed by atoms with Crippen LogP contribution in [0.25, 0.3) is 11.2 Å². The molecular formula is C6H4Cl2N4O. The molecule has 0 amide bonds. The number of aromatic nitrogens is 4. The van der Waals surface area contributed by atoms with Gasteiger partial charge in [-0.15, -0.1) is 0 Å². The van der Waals surface area contributed by atoms with Crippen LogP contribution in [0, 0.1) is 0 Å². The molecule has 0 aliphatic heterocycles. The van der Waals surface area contributed by atoms with Crippen molar-refractivity contribution in [2.45, 2.75) is 0 Å². The number of halogens is 2. The van der Waals surface area contributed by atoms with Crippen LogP contribution in [0.4, 0.5) is 0 Å². The average Bonchev–Trinajstić information content (AvgIpc) is 2.32. The van der Waals surface area contributed by atoms with Gasteiger partial charge >= 0.3 is 5.69 Å². The normalized spacial score (nSPS) is 11.0. The van der Waals surface area contributed by atoms with Crippen molar-refractivity contribution in [2.24, 2.45) is 7.05 Å². The highest BCUT2D eigenvalue weighted by molar-refractivity contribution is 6.35. The van der Waals surface area contributed by atoms with Gasteiger partial charge in [-0.25, -0.2) is 9.78 Å². The summed E-state index contributed by atoms with van der Waals surface area (Å²) in [4.78, 5) is 21.2. The van der Waals surface area contributed by atoms with Crippen molar-refractivity contribution in [1.29, 1.82) is 0 Å². The number of rotatable bonds is 0. The summed E-state index contributed by atoms with van der Waals surface area (Å²) in [5.74, 6) is 0. The van der Waals surface area contributed by atoms with Crippen molar-refractivity contribution in [3.63, 3.8) is 0 Å². The lowest BCUT2D eigenvalue weighted by Crippen LogP contribution is -2.12. The Kier molecular flexibility index (Phi) is 1.78. The molecule has 2 aromatic heterocycles. The first-order valence-electron chi connectivity index (χ1n) is 3.37. The Hall–Kier alpha value is -1.07. The lowest BCUT2D eigenvalue weighted by molar-refractivity contribution is 0.877. The number of H-pyrrole nitrogens is 1. The van der Waals surface area contributed by atoms with Crippen molar-refractivity contribution in [3.05, 3.63) is 20.9 Å². The van der Waals surface area contributed by atoms with E-state index in [4.69, 9.17) is 23.2 Å². The molecule has 0 fully saturated rings. The van der Waals surface area contributed by atoms with Crippen LogP contribution in [0.3, 0.4) is 0 Å². The van der Waals surface area contributed by atoms with Crippen molar-refractivity contribution >= 4 is 34.4 Å². The Bertz CT molecular complexity index is 529. The maximum atomic E-state index is 11.1. The fraction of sp³-hybridized carbons (Fsp3) is 0.167. The zero-order chi connectivity index (χ0) is 9.59. The van der Waals surface area contributed by atoms with E-state index < -0.39 is 0 Å². The van der Waals surface area contributed by atoms with Crippen LogP contribution in [0.5, 0.6) is 0 Å². The van der Waals surface area contributed by atoms with Crippen LogP contribution in [0.2, 0.25) is 10.4 Å². The van der Waals surface area contributed by atoms with E-state index in [2.05, 4.69) is 15.0 Å². The molecule has 0 bridgehead atoms. The van der Waals surface area contributed by atoms with E-state index in [0.29, 0.717) is 11.2 Å². The molecule has 7 heteroatoms. The Morgan fingerprint density at radius 3 is 2.77 bits per heavy atom. The lowest BCUT2D eigenvalue weighted by Gasteiger charge is -1.94. The van der Waals surface area contributed by atoms with Gasteiger partial charge in [0.2, 0.25) is 5.28 Å². The van der Waals surface area contributed by atoms with Crippen molar-refractivity contribution < 1.29 is 0 Å². The molecule has 0 radical (unpaired) electrons. The molecule has 1 N–H and O–H groups in total. The maximum Gasteiger partial charge on any atom is 0.327 e. The number of nitrogens with one attached hydrogen (secondary N) is 1. The molecule has 0 saturated carbocycles. The van der Waals surface area contributed by atoms with Crippen LogP contribution < -0.4 is 5.69 Å². The zero-order valence-electron chi connectivity index (χ0n) is 6.51. The highest BCUT2D eigenvalue weighted by Crippen LogP contribution is 2.17. The number of hydrogen-bond acceptors (Lipinski definition) is 3. The van der Waals surface area contributed by atoms with Crippen LogP contribution in [-0.4, -0.2) is 19.5 Å². The molecule has 5 nitrogen and oxygen atoms in total. The monoisotopic (exact) mass is 218 g/mol. The lowest BCUT2D eigenvalue weighted by atomic mass is 10.5. The number of imidazole rings is 1. The van der Waals surface area contributed by atoms with Crippen LogP contribution in [-0.2, 0) is 7.05 Å². The van der Waals surface area contributed by atoms with Crippen LogP contribution >= 0.6 is 23.2 Å². The molecule has 0 unspecified atom stereocenters. The fourth-order valence-electron chi connectivity index (χ4n) is 1.03. The molecule has 0 saturated heterocycles. The van der Waals surface area contributed by atoms with Crippen molar-refractivity contribution in [1.82, 2.24) is 19.5 Å². The summed E-state index contributed by atoms with van der Waals surface area (Å²) in [6, 6.07) is 0. The third kappa shape index (κ3) is 1.20. The average molecular weight is 219 g/mol. The van der Waals surface area contributed by atoms with Gasteiger partial charge in [0.05, 0.1) is 0 Å². The predicted octanol–water partition coefficient (Wildman–Crippen LogP) is 0.963. The zero-order valence-corrected chi connectivity index (χ0v) is 8.02. The van der Waals surface area contributed by atoms with E-state index in [0.717, 1.165) is 0 Å². The summed E-state index contributed by atoms with van der Waals surface area (Å²) in [6.45, 7) is 0. The van der Waals surface area contributed by atoms with Crippen molar-refractivity contribution in [3.8, 4) is 0 Å². The van der Waals surface area contributed by atoms with Crippen LogP contribution in [0.15, 0.2) is 4.79 Å². The van der Waals surface area contributed by atoms with Gasteiger partial charge in [-0.05, 0) is 11.6 Å². The molecule has 13 heavy (non-hydrogen) atoms. The second-order valence-electron chi connectivity index (χ2n) is 2.47. The summed E-state index contributed by atoms with van der Waals surface area (Å²) in [6.07, 6.45) is 0. The number of fused-ring (bicyclic) bond motifs is 1. The molecule has 2 heterocycles. The molecule has 0 spiro atoms. The Balaban J connectivity index is 3.03. The molecule has 0 atom stereocenters. The van der Waals surface area contributed by atoms with Gasteiger partial charge in [-0.1, -0.05) is 11.6 Å². The standard InChI is InChI=1S/C6H4Cl2N4O/c1-12-4-2(9-6(12)13)3(7)10-5(8)11-4/h1H3,(H,9,13). The van der Waals surface area contributed by atoms with Gasteiger partial charge in [-0.3, -0.25) is 4.57 Å². The SMILES string of the molecule is Cn1c(=O)[nH]c2c(Cl)nc(Cl)nc21. The second kappa shape index (κ2) is 2.71. The van der Waals surface area contributed by atoms with E-state index in [1.807, 2.05) is 0 Å². The Labute approximate surface area is 82.3 Å².